The number of hydrogen-bond donors (Lipinski definition) is 2. The first-order valence-electron chi connectivity index (χ1n) is 7.73. The minimum atomic E-state index is -3.53. The van der Waals surface area contributed by atoms with Gasteiger partial charge in [-0.05, 0) is 31.5 Å². The van der Waals surface area contributed by atoms with Gasteiger partial charge in [-0.25, -0.2) is 13.1 Å². The standard InChI is InChI=1S/C16H24N2O6S/c1-5-24-15(19)10-14(12-7-6-8-13(9-12)23-3)17-16(20)11(2)18-25(4,21)22/h6-9,11,14,18H,5,10H2,1-4H3,(H,17,20)/t11-,14-/m1/s1. The van der Waals surface area contributed by atoms with Gasteiger partial charge in [0, 0.05) is 0 Å². The summed E-state index contributed by atoms with van der Waals surface area (Å²) < 4.78 is 34.8. The minimum Gasteiger partial charge on any atom is -0.497 e. The highest BCUT2D eigenvalue weighted by atomic mass is 32.2. The molecule has 140 valence electrons. The van der Waals surface area contributed by atoms with E-state index in [1.54, 1.807) is 31.2 Å². The Hall–Kier alpha value is -2.13. The molecule has 1 amide bonds. The third-order valence-electron chi connectivity index (χ3n) is 3.27. The van der Waals surface area contributed by atoms with Crippen LogP contribution in [0.5, 0.6) is 5.75 Å². The molecule has 0 bridgehead atoms. The Morgan fingerprint density at radius 3 is 2.52 bits per heavy atom. The maximum absolute atomic E-state index is 12.3. The van der Waals surface area contributed by atoms with Crippen LogP contribution in [0.3, 0.4) is 0 Å². The van der Waals surface area contributed by atoms with E-state index in [1.165, 1.54) is 14.0 Å². The highest BCUT2D eigenvalue weighted by molar-refractivity contribution is 7.88. The molecule has 0 radical (unpaired) electrons. The molecule has 0 aliphatic rings. The SMILES string of the molecule is CCOC(=O)C[C@@H](NC(=O)[C@@H](C)NS(C)(=O)=O)c1cccc(OC)c1. The van der Waals surface area contributed by atoms with Crippen LogP contribution in [0.15, 0.2) is 24.3 Å². The quantitative estimate of drug-likeness (QED) is 0.619. The van der Waals surface area contributed by atoms with Crippen molar-refractivity contribution >= 4 is 21.9 Å². The average Bonchev–Trinajstić information content (AvgIpc) is 2.52. The number of rotatable bonds is 9. The topological polar surface area (TPSA) is 111 Å². The van der Waals surface area contributed by atoms with Crippen LogP contribution in [-0.2, 0) is 24.3 Å². The molecule has 0 aliphatic carbocycles. The molecular formula is C16H24N2O6S. The highest BCUT2D eigenvalue weighted by Crippen LogP contribution is 2.22. The Labute approximate surface area is 147 Å². The molecule has 2 N–H and O–H groups in total. The molecule has 9 heteroatoms. The van der Waals surface area contributed by atoms with Crippen molar-refractivity contribution in [2.75, 3.05) is 20.0 Å². The summed E-state index contributed by atoms with van der Waals surface area (Å²) in [7, 11) is -2.02. The summed E-state index contributed by atoms with van der Waals surface area (Å²) in [6.45, 7) is 3.34. The van der Waals surface area contributed by atoms with Gasteiger partial charge in [0.05, 0.1) is 38.5 Å². The van der Waals surface area contributed by atoms with Crippen LogP contribution in [0.25, 0.3) is 0 Å². The number of nitrogens with one attached hydrogen (secondary N) is 2. The Morgan fingerprint density at radius 2 is 1.96 bits per heavy atom. The van der Waals surface area contributed by atoms with E-state index in [1.807, 2.05) is 0 Å². The number of carbonyl (C=O) groups excluding carboxylic acids is 2. The fourth-order valence-corrected chi connectivity index (χ4v) is 2.92. The summed E-state index contributed by atoms with van der Waals surface area (Å²) in [6, 6.07) is 5.24. The molecule has 0 saturated carbocycles. The fraction of sp³-hybridized carbons (Fsp3) is 0.500. The molecule has 0 aliphatic heterocycles. The molecule has 1 aromatic carbocycles. The second kappa shape index (κ2) is 9.38. The van der Waals surface area contributed by atoms with Crippen LogP contribution in [0, 0.1) is 0 Å². The molecule has 0 unspecified atom stereocenters. The van der Waals surface area contributed by atoms with Crippen LogP contribution < -0.4 is 14.8 Å². The van der Waals surface area contributed by atoms with E-state index >= 15 is 0 Å². The zero-order chi connectivity index (χ0) is 19.0. The second-order valence-corrected chi connectivity index (χ2v) is 7.24. The molecule has 1 aromatic rings. The first kappa shape index (κ1) is 20.9. The van der Waals surface area contributed by atoms with Crippen LogP contribution in [0.2, 0.25) is 0 Å². The number of methoxy groups -OCH3 is 1. The van der Waals surface area contributed by atoms with Gasteiger partial charge in [0.2, 0.25) is 15.9 Å². The number of sulfonamides is 1. The Bertz CT molecular complexity index is 704. The van der Waals surface area contributed by atoms with Crippen molar-refractivity contribution in [2.45, 2.75) is 32.4 Å². The number of esters is 1. The zero-order valence-corrected chi connectivity index (χ0v) is 15.6. The predicted molar refractivity (Wildman–Crippen MR) is 92.6 cm³/mol. The van der Waals surface area contributed by atoms with E-state index in [2.05, 4.69) is 10.0 Å². The maximum atomic E-state index is 12.3. The lowest BCUT2D eigenvalue weighted by Crippen LogP contribution is -2.45. The van der Waals surface area contributed by atoms with Crippen molar-refractivity contribution in [1.82, 2.24) is 10.0 Å². The van der Waals surface area contributed by atoms with Gasteiger partial charge in [-0.15, -0.1) is 0 Å². The number of hydrogen-bond acceptors (Lipinski definition) is 6. The Morgan fingerprint density at radius 1 is 1.28 bits per heavy atom. The molecule has 0 aromatic heterocycles. The predicted octanol–water partition coefficient (Wildman–Crippen LogP) is 0.743. The van der Waals surface area contributed by atoms with Crippen molar-refractivity contribution in [2.24, 2.45) is 0 Å². The van der Waals surface area contributed by atoms with Crippen molar-refractivity contribution in [3.8, 4) is 5.75 Å². The molecule has 25 heavy (non-hydrogen) atoms. The van der Waals surface area contributed by atoms with Gasteiger partial charge in [0.25, 0.3) is 0 Å². The second-order valence-electron chi connectivity index (χ2n) is 5.46. The van der Waals surface area contributed by atoms with E-state index < -0.39 is 34.0 Å². The number of amides is 1. The first-order valence-corrected chi connectivity index (χ1v) is 9.62. The van der Waals surface area contributed by atoms with Crippen LogP contribution >= 0.6 is 0 Å². The first-order chi connectivity index (χ1) is 11.7. The normalized spacial score (nSPS) is 13.6. The van der Waals surface area contributed by atoms with Gasteiger partial charge < -0.3 is 14.8 Å². The molecule has 2 atom stereocenters. The summed E-state index contributed by atoms with van der Waals surface area (Å²) in [6.07, 6.45) is 0.882. The van der Waals surface area contributed by atoms with Gasteiger partial charge in [-0.1, -0.05) is 12.1 Å². The van der Waals surface area contributed by atoms with E-state index in [4.69, 9.17) is 9.47 Å². The van der Waals surface area contributed by atoms with Gasteiger partial charge in [-0.2, -0.15) is 0 Å². The lowest BCUT2D eigenvalue weighted by molar-refractivity contribution is -0.143. The van der Waals surface area contributed by atoms with Crippen LogP contribution in [-0.4, -0.2) is 46.3 Å². The van der Waals surface area contributed by atoms with Crippen molar-refractivity contribution in [3.05, 3.63) is 29.8 Å². The monoisotopic (exact) mass is 372 g/mol. The van der Waals surface area contributed by atoms with E-state index in [0.717, 1.165) is 6.26 Å². The van der Waals surface area contributed by atoms with Crippen LogP contribution in [0.1, 0.15) is 31.9 Å². The van der Waals surface area contributed by atoms with E-state index in [-0.39, 0.29) is 13.0 Å². The number of ether oxygens (including phenoxy) is 2. The zero-order valence-electron chi connectivity index (χ0n) is 14.7. The molecule has 0 saturated heterocycles. The van der Waals surface area contributed by atoms with Gasteiger partial charge >= 0.3 is 5.97 Å². The molecule has 0 spiro atoms. The van der Waals surface area contributed by atoms with Crippen LogP contribution in [0.4, 0.5) is 0 Å². The average molecular weight is 372 g/mol. The molecule has 1 rings (SSSR count). The van der Waals surface area contributed by atoms with Crippen molar-refractivity contribution < 1.29 is 27.5 Å². The summed E-state index contributed by atoms with van der Waals surface area (Å²) in [5.41, 5.74) is 0.646. The highest BCUT2D eigenvalue weighted by Gasteiger charge is 2.24. The summed E-state index contributed by atoms with van der Waals surface area (Å²) >= 11 is 0. The summed E-state index contributed by atoms with van der Waals surface area (Å²) in [4.78, 5) is 24.1. The van der Waals surface area contributed by atoms with E-state index in [0.29, 0.717) is 11.3 Å². The van der Waals surface area contributed by atoms with Gasteiger partial charge in [-0.3, -0.25) is 9.59 Å². The van der Waals surface area contributed by atoms with Gasteiger partial charge in [0.1, 0.15) is 5.75 Å². The molecule has 8 nitrogen and oxygen atoms in total. The lowest BCUT2D eigenvalue weighted by Gasteiger charge is -2.21. The number of carbonyl (C=O) groups is 2. The smallest absolute Gasteiger partial charge is 0.308 e. The van der Waals surface area contributed by atoms with Crippen molar-refractivity contribution in [3.63, 3.8) is 0 Å². The Kier molecular flexibility index (Phi) is 7.85. The van der Waals surface area contributed by atoms with Crippen molar-refractivity contribution in [1.29, 1.82) is 0 Å². The third-order valence-corrected chi connectivity index (χ3v) is 4.05. The minimum absolute atomic E-state index is 0.0850. The Balaban J connectivity index is 2.97. The molecule has 0 heterocycles. The number of benzene rings is 1. The summed E-state index contributed by atoms with van der Waals surface area (Å²) in [5.74, 6) is -0.454. The maximum Gasteiger partial charge on any atom is 0.308 e. The lowest BCUT2D eigenvalue weighted by atomic mass is 10.0. The molecule has 0 fully saturated rings. The third kappa shape index (κ3) is 7.53. The molecular weight excluding hydrogens is 348 g/mol. The van der Waals surface area contributed by atoms with Gasteiger partial charge in [0.15, 0.2) is 0 Å². The van der Waals surface area contributed by atoms with E-state index in [9.17, 15) is 18.0 Å². The fourth-order valence-electron chi connectivity index (χ4n) is 2.17. The summed E-state index contributed by atoms with van der Waals surface area (Å²) in [5, 5.41) is 2.67. The largest absolute Gasteiger partial charge is 0.497 e.